The number of imide groups is 1. The van der Waals surface area contributed by atoms with Gasteiger partial charge < -0.3 is 14.5 Å². The van der Waals surface area contributed by atoms with Crippen LogP contribution in [0.4, 0.5) is 9.18 Å². The summed E-state index contributed by atoms with van der Waals surface area (Å²) in [5, 5.41) is 2.53. The molecule has 4 rings (SSSR count). The van der Waals surface area contributed by atoms with Crippen LogP contribution in [0.15, 0.2) is 64.7 Å². The lowest BCUT2D eigenvalue weighted by Gasteiger charge is -2.11. The van der Waals surface area contributed by atoms with Crippen LogP contribution in [0.2, 0.25) is 0 Å². The van der Waals surface area contributed by atoms with Gasteiger partial charge in [0, 0.05) is 11.6 Å². The molecule has 1 fully saturated rings. The van der Waals surface area contributed by atoms with Crippen LogP contribution >= 0.6 is 0 Å². The van der Waals surface area contributed by atoms with Gasteiger partial charge in [-0.1, -0.05) is 18.2 Å². The fourth-order valence-electron chi connectivity index (χ4n) is 3.34. The van der Waals surface area contributed by atoms with Crippen LogP contribution in [-0.2, 0) is 16.1 Å². The molecule has 0 spiro atoms. The number of carbonyl (C=O) groups is 3. The molecule has 162 valence electrons. The third-order valence-electron chi connectivity index (χ3n) is 5.05. The van der Waals surface area contributed by atoms with Crippen LogP contribution in [0.3, 0.4) is 0 Å². The number of methoxy groups -OCH3 is 1. The maximum Gasteiger partial charge on any atom is 0.337 e. The van der Waals surface area contributed by atoms with Crippen LogP contribution in [0.1, 0.15) is 27.2 Å². The molecule has 0 bridgehead atoms. The van der Waals surface area contributed by atoms with E-state index in [1.165, 1.54) is 37.5 Å². The second kappa shape index (κ2) is 8.50. The average molecular weight is 434 g/mol. The smallest absolute Gasteiger partial charge is 0.337 e. The van der Waals surface area contributed by atoms with Crippen molar-refractivity contribution in [2.24, 2.45) is 0 Å². The maximum absolute atomic E-state index is 13.1. The summed E-state index contributed by atoms with van der Waals surface area (Å²) in [6.07, 6.45) is 1.44. The van der Waals surface area contributed by atoms with E-state index in [2.05, 4.69) is 5.32 Å². The molecule has 2 heterocycles. The number of carbonyl (C=O) groups excluding carboxylic acids is 3. The van der Waals surface area contributed by atoms with Crippen molar-refractivity contribution in [1.29, 1.82) is 0 Å². The van der Waals surface area contributed by atoms with Gasteiger partial charge >= 0.3 is 12.0 Å². The summed E-state index contributed by atoms with van der Waals surface area (Å²) in [5.74, 6) is -0.510. The Morgan fingerprint density at radius 3 is 2.59 bits per heavy atom. The van der Waals surface area contributed by atoms with Crippen molar-refractivity contribution in [2.75, 3.05) is 7.11 Å². The van der Waals surface area contributed by atoms with E-state index in [0.717, 1.165) is 10.5 Å². The Hall–Kier alpha value is -4.20. The van der Waals surface area contributed by atoms with Crippen LogP contribution in [0.5, 0.6) is 0 Å². The van der Waals surface area contributed by atoms with Crippen molar-refractivity contribution in [3.8, 4) is 11.3 Å². The Morgan fingerprint density at radius 2 is 1.88 bits per heavy atom. The molecule has 0 unspecified atom stereocenters. The molecule has 2 aromatic carbocycles. The summed E-state index contributed by atoms with van der Waals surface area (Å²) >= 11 is 0. The quantitative estimate of drug-likeness (QED) is 0.368. The molecule has 8 heteroatoms. The number of benzene rings is 2. The standard InChI is InChI=1S/C24H19FN2O5/c1-14-3-6-16(23(29)31-2)11-19(14)21-10-9-18(32-21)12-20-22(28)27(24(30)26-20)13-15-4-7-17(25)8-5-15/h3-12H,13H2,1-2H3,(H,26,30). The lowest BCUT2D eigenvalue weighted by molar-refractivity contribution is -0.123. The van der Waals surface area contributed by atoms with Gasteiger partial charge in [0.05, 0.1) is 19.2 Å². The monoisotopic (exact) mass is 434 g/mol. The fourth-order valence-corrected chi connectivity index (χ4v) is 3.34. The molecule has 3 aromatic rings. The summed E-state index contributed by atoms with van der Waals surface area (Å²) in [6.45, 7) is 1.90. The predicted octanol–water partition coefficient (Wildman–Crippen LogP) is 4.27. The first-order valence-electron chi connectivity index (χ1n) is 9.74. The minimum Gasteiger partial charge on any atom is -0.465 e. The number of aryl methyl sites for hydroxylation is 1. The number of furan rings is 1. The van der Waals surface area contributed by atoms with E-state index in [1.54, 1.807) is 30.3 Å². The first kappa shape index (κ1) is 21.0. The highest BCUT2D eigenvalue weighted by Crippen LogP contribution is 2.28. The maximum atomic E-state index is 13.1. The van der Waals surface area contributed by atoms with Crippen LogP contribution in [0, 0.1) is 12.7 Å². The zero-order valence-corrected chi connectivity index (χ0v) is 17.3. The Labute approximate surface area is 183 Å². The minimum atomic E-state index is -0.570. The van der Waals surface area contributed by atoms with E-state index in [9.17, 15) is 18.8 Å². The molecule has 32 heavy (non-hydrogen) atoms. The number of nitrogens with one attached hydrogen (secondary N) is 1. The van der Waals surface area contributed by atoms with E-state index >= 15 is 0 Å². The summed E-state index contributed by atoms with van der Waals surface area (Å²) in [5.41, 5.74) is 2.67. The second-order valence-corrected chi connectivity index (χ2v) is 7.23. The molecule has 0 atom stereocenters. The number of esters is 1. The zero-order valence-electron chi connectivity index (χ0n) is 17.3. The summed E-state index contributed by atoms with van der Waals surface area (Å²) in [4.78, 5) is 37.8. The van der Waals surface area contributed by atoms with Gasteiger partial charge in [0.25, 0.3) is 5.91 Å². The highest BCUT2D eigenvalue weighted by molar-refractivity contribution is 6.13. The molecule has 0 saturated carbocycles. The van der Waals surface area contributed by atoms with Gasteiger partial charge in [0.1, 0.15) is 23.0 Å². The lowest BCUT2D eigenvalue weighted by Crippen LogP contribution is -2.30. The first-order valence-corrected chi connectivity index (χ1v) is 9.74. The van der Waals surface area contributed by atoms with E-state index < -0.39 is 23.7 Å². The predicted molar refractivity (Wildman–Crippen MR) is 114 cm³/mol. The number of amides is 3. The van der Waals surface area contributed by atoms with Gasteiger partial charge in [-0.2, -0.15) is 0 Å². The van der Waals surface area contributed by atoms with Crippen molar-refractivity contribution < 1.29 is 27.9 Å². The number of nitrogens with zero attached hydrogens (tertiary/aromatic N) is 1. The number of ether oxygens (including phenoxy) is 1. The largest absolute Gasteiger partial charge is 0.465 e. The second-order valence-electron chi connectivity index (χ2n) is 7.23. The Balaban J connectivity index is 1.56. The zero-order chi connectivity index (χ0) is 22.8. The third-order valence-corrected chi connectivity index (χ3v) is 5.05. The molecule has 1 saturated heterocycles. The average Bonchev–Trinajstić information content (AvgIpc) is 3.35. The molecule has 7 nitrogen and oxygen atoms in total. The van der Waals surface area contributed by atoms with Gasteiger partial charge in [-0.05, 0) is 54.4 Å². The van der Waals surface area contributed by atoms with Gasteiger partial charge in [0.2, 0.25) is 0 Å². The molecule has 0 aliphatic carbocycles. The molecule has 1 N–H and O–H groups in total. The SMILES string of the molecule is COC(=O)c1ccc(C)c(-c2ccc(C=C3NC(=O)N(Cc4ccc(F)cc4)C3=O)o2)c1. The van der Waals surface area contributed by atoms with Crippen molar-refractivity contribution >= 4 is 24.0 Å². The molecule has 0 radical (unpaired) electrons. The molecular weight excluding hydrogens is 415 g/mol. The molecule has 3 amide bonds. The Kier molecular flexibility index (Phi) is 5.59. The van der Waals surface area contributed by atoms with E-state index in [4.69, 9.17) is 9.15 Å². The van der Waals surface area contributed by atoms with Crippen molar-refractivity contribution in [2.45, 2.75) is 13.5 Å². The minimum absolute atomic E-state index is 0.0191. The van der Waals surface area contributed by atoms with Crippen molar-refractivity contribution in [3.63, 3.8) is 0 Å². The highest BCUT2D eigenvalue weighted by Gasteiger charge is 2.33. The Morgan fingerprint density at radius 1 is 1.12 bits per heavy atom. The van der Waals surface area contributed by atoms with Gasteiger partial charge in [0.15, 0.2) is 0 Å². The summed E-state index contributed by atoms with van der Waals surface area (Å²) < 4.78 is 23.7. The summed E-state index contributed by atoms with van der Waals surface area (Å²) in [7, 11) is 1.31. The lowest BCUT2D eigenvalue weighted by atomic mass is 10.0. The molecular formula is C24H19FN2O5. The van der Waals surface area contributed by atoms with Crippen molar-refractivity contribution in [3.05, 3.63) is 88.6 Å². The normalized spacial score (nSPS) is 14.7. The number of hydrogen-bond donors (Lipinski definition) is 1. The van der Waals surface area contributed by atoms with E-state index in [1.807, 2.05) is 6.92 Å². The molecule has 1 aliphatic rings. The Bertz CT molecular complexity index is 1240. The fraction of sp³-hybridized carbons (Fsp3) is 0.125. The molecule has 1 aromatic heterocycles. The van der Waals surface area contributed by atoms with Crippen LogP contribution in [-0.4, -0.2) is 29.9 Å². The van der Waals surface area contributed by atoms with Crippen molar-refractivity contribution in [1.82, 2.24) is 10.2 Å². The van der Waals surface area contributed by atoms with E-state index in [0.29, 0.717) is 28.2 Å². The van der Waals surface area contributed by atoms with Gasteiger partial charge in [-0.3, -0.25) is 9.69 Å². The number of halogens is 1. The first-order chi connectivity index (χ1) is 15.4. The highest BCUT2D eigenvalue weighted by atomic mass is 19.1. The number of urea groups is 1. The number of hydrogen-bond acceptors (Lipinski definition) is 5. The van der Waals surface area contributed by atoms with Crippen LogP contribution < -0.4 is 5.32 Å². The summed E-state index contributed by atoms with van der Waals surface area (Å²) in [6, 6.07) is 13.5. The topological polar surface area (TPSA) is 88.9 Å². The number of rotatable bonds is 5. The van der Waals surface area contributed by atoms with Crippen LogP contribution in [0.25, 0.3) is 17.4 Å². The third kappa shape index (κ3) is 4.15. The van der Waals surface area contributed by atoms with Gasteiger partial charge in [-0.15, -0.1) is 0 Å². The van der Waals surface area contributed by atoms with E-state index in [-0.39, 0.29) is 12.2 Å². The van der Waals surface area contributed by atoms with Gasteiger partial charge in [-0.25, -0.2) is 14.0 Å². The molecule has 1 aliphatic heterocycles.